The molecule has 5 heteroatoms. The van der Waals surface area contributed by atoms with Crippen LogP contribution in [-0.4, -0.2) is 25.7 Å². The Labute approximate surface area is 119 Å². The average molecular weight is 286 g/mol. The summed E-state index contributed by atoms with van der Waals surface area (Å²) in [5.74, 6) is 0.425. The van der Waals surface area contributed by atoms with E-state index in [1.54, 1.807) is 32.2 Å². The van der Waals surface area contributed by atoms with E-state index in [1.165, 1.54) is 0 Å². The van der Waals surface area contributed by atoms with Gasteiger partial charge in [-0.05, 0) is 25.5 Å². The predicted molar refractivity (Wildman–Crippen MR) is 77.0 cm³/mol. The van der Waals surface area contributed by atoms with Crippen LogP contribution in [0.5, 0.6) is 5.75 Å². The van der Waals surface area contributed by atoms with E-state index < -0.39 is 6.04 Å². The van der Waals surface area contributed by atoms with Gasteiger partial charge in [-0.3, -0.25) is 0 Å². The largest absolute Gasteiger partial charge is 0.497 e. The minimum absolute atomic E-state index is 0.261. The fourth-order valence-corrected chi connectivity index (χ4v) is 1.88. The summed E-state index contributed by atoms with van der Waals surface area (Å²) in [7, 11) is 1.59. The summed E-state index contributed by atoms with van der Waals surface area (Å²) >= 11 is 6.11. The van der Waals surface area contributed by atoms with Crippen molar-refractivity contribution in [1.29, 1.82) is 0 Å². The van der Waals surface area contributed by atoms with Crippen molar-refractivity contribution >= 4 is 23.3 Å². The number of ether oxygens (including phenoxy) is 2. The number of esters is 1. The highest BCUT2D eigenvalue weighted by Gasteiger charge is 2.19. The molecule has 0 aliphatic carbocycles. The number of rotatable bonds is 7. The number of nitrogens with one attached hydrogen (secondary N) is 1. The van der Waals surface area contributed by atoms with Gasteiger partial charge in [0.05, 0.1) is 24.4 Å². The van der Waals surface area contributed by atoms with Crippen LogP contribution < -0.4 is 10.1 Å². The fraction of sp³-hybridized carbons (Fsp3) is 0.500. The van der Waals surface area contributed by atoms with E-state index in [0.717, 1.165) is 6.42 Å². The Hall–Kier alpha value is -1.42. The van der Waals surface area contributed by atoms with E-state index in [4.69, 9.17) is 21.1 Å². The van der Waals surface area contributed by atoms with Crippen LogP contribution in [-0.2, 0) is 9.53 Å². The van der Waals surface area contributed by atoms with Gasteiger partial charge in [-0.15, -0.1) is 0 Å². The maximum atomic E-state index is 11.8. The molecule has 106 valence electrons. The van der Waals surface area contributed by atoms with Crippen molar-refractivity contribution in [2.24, 2.45) is 0 Å². The topological polar surface area (TPSA) is 47.6 Å². The summed E-state index contributed by atoms with van der Waals surface area (Å²) in [6, 6.07) is 4.88. The van der Waals surface area contributed by atoms with Gasteiger partial charge in [0.15, 0.2) is 0 Å². The van der Waals surface area contributed by atoms with Gasteiger partial charge in [-0.2, -0.15) is 0 Å². The first-order valence-corrected chi connectivity index (χ1v) is 6.76. The van der Waals surface area contributed by atoms with Crippen molar-refractivity contribution in [2.45, 2.75) is 32.7 Å². The minimum Gasteiger partial charge on any atom is -0.497 e. The standard InChI is InChI=1S/C14H20ClNO3/c1-4-6-12(14(17)19-5-2)16-13-9-10(18-3)7-8-11(13)15/h7-9,12,16H,4-6H2,1-3H3. The summed E-state index contributed by atoms with van der Waals surface area (Å²) in [6.45, 7) is 4.17. The van der Waals surface area contributed by atoms with E-state index in [2.05, 4.69) is 5.32 Å². The van der Waals surface area contributed by atoms with Crippen LogP contribution >= 0.6 is 11.6 Å². The molecule has 1 unspecified atom stereocenters. The van der Waals surface area contributed by atoms with E-state index in [-0.39, 0.29) is 5.97 Å². The lowest BCUT2D eigenvalue weighted by atomic mass is 10.1. The Balaban J connectivity index is 2.86. The Kier molecular flexibility index (Phi) is 6.50. The fourth-order valence-electron chi connectivity index (χ4n) is 1.71. The predicted octanol–water partition coefficient (Wildman–Crippen LogP) is 3.49. The number of methoxy groups -OCH3 is 1. The first-order chi connectivity index (χ1) is 9.12. The maximum Gasteiger partial charge on any atom is 0.328 e. The normalized spacial score (nSPS) is 11.8. The Morgan fingerprint density at radius 3 is 2.74 bits per heavy atom. The van der Waals surface area contributed by atoms with Gasteiger partial charge >= 0.3 is 5.97 Å². The second-order valence-corrected chi connectivity index (χ2v) is 4.49. The van der Waals surface area contributed by atoms with Crippen LogP contribution in [0, 0.1) is 0 Å². The maximum absolute atomic E-state index is 11.8. The lowest BCUT2D eigenvalue weighted by Crippen LogP contribution is -2.31. The van der Waals surface area contributed by atoms with Crippen molar-refractivity contribution < 1.29 is 14.3 Å². The zero-order chi connectivity index (χ0) is 14.3. The third kappa shape index (κ3) is 4.63. The van der Waals surface area contributed by atoms with Crippen LogP contribution in [0.3, 0.4) is 0 Å². The Bertz CT molecular complexity index is 423. The molecule has 0 amide bonds. The third-order valence-corrected chi connectivity index (χ3v) is 2.98. The van der Waals surface area contributed by atoms with Crippen LogP contribution in [0.15, 0.2) is 18.2 Å². The van der Waals surface area contributed by atoms with Crippen molar-refractivity contribution in [3.05, 3.63) is 23.2 Å². The highest BCUT2D eigenvalue weighted by Crippen LogP contribution is 2.27. The molecule has 0 saturated heterocycles. The van der Waals surface area contributed by atoms with Crippen LogP contribution in [0.4, 0.5) is 5.69 Å². The van der Waals surface area contributed by atoms with Gasteiger partial charge in [0.2, 0.25) is 0 Å². The zero-order valence-corrected chi connectivity index (χ0v) is 12.3. The molecule has 1 aromatic carbocycles. The summed E-state index contributed by atoms with van der Waals surface area (Å²) in [5.41, 5.74) is 0.674. The molecule has 1 N–H and O–H groups in total. The zero-order valence-electron chi connectivity index (χ0n) is 11.5. The second-order valence-electron chi connectivity index (χ2n) is 4.08. The van der Waals surface area contributed by atoms with Crippen molar-refractivity contribution in [3.63, 3.8) is 0 Å². The molecule has 0 spiro atoms. The summed E-state index contributed by atoms with van der Waals surface area (Å²) in [6.07, 6.45) is 1.56. The highest BCUT2D eigenvalue weighted by molar-refractivity contribution is 6.33. The van der Waals surface area contributed by atoms with Crippen molar-refractivity contribution in [1.82, 2.24) is 0 Å². The van der Waals surface area contributed by atoms with E-state index in [9.17, 15) is 4.79 Å². The average Bonchev–Trinajstić information content (AvgIpc) is 2.40. The van der Waals surface area contributed by atoms with Gasteiger partial charge in [0.1, 0.15) is 11.8 Å². The van der Waals surface area contributed by atoms with E-state index >= 15 is 0 Å². The summed E-state index contributed by atoms with van der Waals surface area (Å²) in [5, 5.41) is 3.67. The molecule has 0 bridgehead atoms. The van der Waals surface area contributed by atoms with E-state index in [0.29, 0.717) is 29.5 Å². The van der Waals surface area contributed by atoms with Gasteiger partial charge in [0, 0.05) is 6.07 Å². The molecule has 0 fully saturated rings. The van der Waals surface area contributed by atoms with Gasteiger partial charge in [-0.25, -0.2) is 4.79 Å². The highest BCUT2D eigenvalue weighted by atomic mass is 35.5. The quantitative estimate of drug-likeness (QED) is 0.779. The van der Waals surface area contributed by atoms with Gasteiger partial charge < -0.3 is 14.8 Å². The third-order valence-electron chi connectivity index (χ3n) is 2.65. The molecule has 0 radical (unpaired) electrons. The summed E-state index contributed by atoms with van der Waals surface area (Å²) in [4.78, 5) is 11.8. The molecule has 4 nitrogen and oxygen atoms in total. The molecule has 19 heavy (non-hydrogen) atoms. The Morgan fingerprint density at radius 2 is 2.16 bits per heavy atom. The monoisotopic (exact) mass is 285 g/mol. The van der Waals surface area contributed by atoms with Crippen molar-refractivity contribution in [2.75, 3.05) is 19.0 Å². The molecular weight excluding hydrogens is 266 g/mol. The lowest BCUT2D eigenvalue weighted by molar-refractivity contribution is -0.144. The SMILES string of the molecule is CCCC(Nc1cc(OC)ccc1Cl)C(=O)OCC. The lowest BCUT2D eigenvalue weighted by Gasteiger charge is -2.19. The molecule has 0 aliphatic rings. The van der Waals surface area contributed by atoms with Crippen molar-refractivity contribution in [3.8, 4) is 5.75 Å². The number of benzene rings is 1. The van der Waals surface area contributed by atoms with Gasteiger partial charge in [0.25, 0.3) is 0 Å². The van der Waals surface area contributed by atoms with Crippen LogP contribution in [0.2, 0.25) is 5.02 Å². The first-order valence-electron chi connectivity index (χ1n) is 6.39. The van der Waals surface area contributed by atoms with E-state index in [1.807, 2.05) is 6.92 Å². The number of carbonyl (C=O) groups excluding carboxylic acids is 1. The molecule has 0 heterocycles. The van der Waals surface area contributed by atoms with Crippen LogP contribution in [0.1, 0.15) is 26.7 Å². The molecule has 1 rings (SSSR count). The minimum atomic E-state index is -0.394. The number of hydrogen-bond acceptors (Lipinski definition) is 4. The molecule has 0 saturated carbocycles. The number of halogens is 1. The molecule has 1 aromatic rings. The molecule has 0 aromatic heterocycles. The molecular formula is C14H20ClNO3. The Morgan fingerprint density at radius 1 is 1.42 bits per heavy atom. The first kappa shape index (κ1) is 15.6. The second kappa shape index (κ2) is 7.89. The number of hydrogen-bond donors (Lipinski definition) is 1. The molecule has 0 aliphatic heterocycles. The number of carbonyl (C=O) groups is 1. The van der Waals surface area contributed by atoms with Crippen LogP contribution in [0.25, 0.3) is 0 Å². The number of anilines is 1. The van der Waals surface area contributed by atoms with Gasteiger partial charge in [-0.1, -0.05) is 24.9 Å². The molecule has 1 atom stereocenters. The summed E-state index contributed by atoms with van der Waals surface area (Å²) < 4.78 is 10.2. The smallest absolute Gasteiger partial charge is 0.328 e.